The molecule has 1 aromatic heterocycles. The van der Waals surface area contributed by atoms with E-state index in [0.29, 0.717) is 12.6 Å². The number of hydrogen-bond acceptors (Lipinski definition) is 5. The van der Waals surface area contributed by atoms with Crippen LogP contribution in [-0.4, -0.2) is 70.0 Å². The molecule has 0 bridgehead atoms. The third-order valence-corrected chi connectivity index (χ3v) is 4.70. The normalized spacial score (nSPS) is 19.5. The molecular weight excluding hydrogens is 298 g/mol. The zero-order chi connectivity index (χ0) is 15.9. The second kappa shape index (κ2) is 8.33. The number of nitrogens with one attached hydrogen (secondary N) is 1. The highest BCUT2D eigenvalue weighted by atomic mass is 32.2. The number of rotatable bonds is 6. The van der Waals surface area contributed by atoms with Gasteiger partial charge in [0, 0.05) is 43.3 Å². The first kappa shape index (κ1) is 17.0. The standard InChI is InChI=1S/C15H25N5OS/c1-12(11-22-3)18-15(21)20-8-5-13(9-20)19(2)10-14-16-6-4-7-17-14/h4,6-7,12-13H,5,8-11H2,1-3H3,(H,18,21)/t12-,13-/m0/s1. The van der Waals surface area contributed by atoms with Crippen LogP contribution in [0.2, 0.25) is 0 Å². The summed E-state index contributed by atoms with van der Waals surface area (Å²) in [6.07, 6.45) is 6.57. The minimum absolute atomic E-state index is 0.0495. The molecule has 0 saturated carbocycles. The molecule has 0 aliphatic carbocycles. The van der Waals surface area contributed by atoms with Crippen LogP contribution in [0.25, 0.3) is 0 Å². The molecule has 22 heavy (non-hydrogen) atoms. The third-order valence-electron chi connectivity index (χ3n) is 3.87. The molecule has 1 aliphatic rings. The molecule has 122 valence electrons. The first-order chi connectivity index (χ1) is 10.6. The van der Waals surface area contributed by atoms with Crippen LogP contribution in [0, 0.1) is 0 Å². The fourth-order valence-corrected chi connectivity index (χ4v) is 3.23. The average molecular weight is 323 g/mol. The topological polar surface area (TPSA) is 61.4 Å². The molecule has 2 amide bonds. The van der Waals surface area contributed by atoms with Crippen LogP contribution in [0.1, 0.15) is 19.2 Å². The Balaban J connectivity index is 1.80. The number of nitrogens with zero attached hydrogens (tertiary/aromatic N) is 4. The van der Waals surface area contributed by atoms with Crippen LogP contribution < -0.4 is 5.32 Å². The molecule has 0 spiro atoms. The van der Waals surface area contributed by atoms with Crippen molar-refractivity contribution in [1.29, 1.82) is 0 Å². The summed E-state index contributed by atoms with van der Waals surface area (Å²) in [5.41, 5.74) is 0. The first-order valence-electron chi connectivity index (χ1n) is 7.60. The van der Waals surface area contributed by atoms with Crippen molar-refractivity contribution in [3.63, 3.8) is 0 Å². The van der Waals surface area contributed by atoms with Crippen molar-refractivity contribution in [3.8, 4) is 0 Å². The van der Waals surface area contributed by atoms with Gasteiger partial charge in [0.1, 0.15) is 5.82 Å². The third kappa shape index (κ3) is 4.84. The predicted molar refractivity (Wildman–Crippen MR) is 89.9 cm³/mol. The summed E-state index contributed by atoms with van der Waals surface area (Å²) in [4.78, 5) is 24.9. The minimum atomic E-state index is 0.0495. The second-order valence-corrected chi connectivity index (χ2v) is 6.69. The summed E-state index contributed by atoms with van der Waals surface area (Å²) in [6, 6.07) is 2.44. The number of thioether (sulfide) groups is 1. The number of hydrogen-bond donors (Lipinski definition) is 1. The van der Waals surface area contributed by atoms with Gasteiger partial charge in [0.25, 0.3) is 0 Å². The maximum Gasteiger partial charge on any atom is 0.317 e. The second-order valence-electron chi connectivity index (χ2n) is 5.77. The van der Waals surface area contributed by atoms with Gasteiger partial charge < -0.3 is 10.2 Å². The van der Waals surface area contributed by atoms with E-state index in [-0.39, 0.29) is 12.1 Å². The maximum atomic E-state index is 12.2. The molecule has 2 heterocycles. The summed E-state index contributed by atoms with van der Waals surface area (Å²) in [5, 5.41) is 3.05. The summed E-state index contributed by atoms with van der Waals surface area (Å²) in [5.74, 6) is 1.76. The Morgan fingerprint density at radius 1 is 1.55 bits per heavy atom. The quantitative estimate of drug-likeness (QED) is 0.858. The zero-order valence-electron chi connectivity index (χ0n) is 13.5. The van der Waals surface area contributed by atoms with Crippen molar-refractivity contribution in [2.75, 3.05) is 32.1 Å². The lowest BCUT2D eigenvalue weighted by atomic mass is 10.2. The van der Waals surface area contributed by atoms with Gasteiger partial charge in [-0.3, -0.25) is 4.90 Å². The number of carbonyl (C=O) groups is 1. The van der Waals surface area contributed by atoms with E-state index in [1.807, 2.05) is 17.9 Å². The largest absolute Gasteiger partial charge is 0.335 e. The molecule has 1 aliphatic heterocycles. The lowest BCUT2D eigenvalue weighted by Gasteiger charge is -2.24. The van der Waals surface area contributed by atoms with Crippen molar-refractivity contribution in [3.05, 3.63) is 24.3 Å². The molecule has 1 aromatic rings. The summed E-state index contributed by atoms with van der Waals surface area (Å²) >= 11 is 1.75. The van der Waals surface area contributed by atoms with Crippen LogP contribution >= 0.6 is 11.8 Å². The van der Waals surface area contributed by atoms with Gasteiger partial charge in [-0.25, -0.2) is 14.8 Å². The Hall–Kier alpha value is -1.34. The smallest absolute Gasteiger partial charge is 0.317 e. The lowest BCUT2D eigenvalue weighted by Crippen LogP contribution is -2.45. The number of likely N-dealkylation sites (tertiary alicyclic amines) is 1. The lowest BCUT2D eigenvalue weighted by molar-refractivity contribution is 0.194. The van der Waals surface area contributed by atoms with E-state index in [9.17, 15) is 4.79 Å². The molecular formula is C15H25N5OS. The highest BCUT2D eigenvalue weighted by molar-refractivity contribution is 7.98. The molecule has 1 N–H and O–H groups in total. The Bertz CT molecular complexity index is 472. The van der Waals surface area contributed by atoms with E-state index in [1.54, 1.807) is 24.2 Å². The Morgan fingerprint density at radius 3 is 2.95 bits per heavy atom. The van der Waals surface area contributed by atoms with Gasteiger partial charge in [0.2, 0.25) is 0 Å². The number of amides is 2. The van der Waals surface area contributed by atoms with E-state index < -0.39 is 0 Å². The summed E-state index contributed by atoms with van der Waals surface area (Å²) in [7, 11) is 2.07. The molecule has 0 unspecified atom stereocenters. The number of carbonyl (C=O) groups excluding carboxylic acids is 1. The number of urea groups is 1. The Kier molecular flexibility index (Phi) is 6.45. The molecule has 1 saturated heterocycles. The van der Waals surface area contributed by atoms with Crippen LogP contribution in [-0.2, 0) is 6.54 Å². The molecule has 1 fully saturated rings. The fourth-order valence-electron chi connectivity index (χ4n) is 2.64. The number of aromatic nitrogens is 2. The molecule has 2 rings (SSSR count). The first-order valence-corrected chi connectivity index (χ1v) is 9.00. The van der Waals surface area contributed by atoms with Crippen LogP contribution in [0.4, 0.5) is 4.79 Å². The average Bonchev–Trinajstić information content (AvgIpc) is 2.98. The van der Waals surface area contributed by atoms with E-state index >= 15 is 0 Å². The number of likely N-dealkylation sites (N-methyl/N-ethyl adjacent to an activating group) is 1. The van der Waals surface area contributed by atoms with Crippen molar-refractivity contribution < 1.29 is 4.79 Å². The Labute approximate surface area is 136 Å². The van der Waals surface area contributed by atoms with Gasteiger partial charge in [-0.15, -0.1) is 0 Å². The molecule has 0 aromatic carbocycles. The summed E-state index contributed by atoms with van der Waals surface area (Å²) in [6.45, 7) is 4.33. The zero-order valence-corrected chi connectivity index (χ0v) is 14.3. The van der Waals surface area contributed by atoms with Gasteiger partial charge in [0.15, 0.2) is 0 Å². The molecule has 2 atom stereocenters. The SMILES string of the molecule is CSC[C@H](C)NC(=O)N1CC[C@H](N(C)Cc2ncccn2)C1. The van der Waals surface area contributed by atoms with Crippen LogP contribution in [0.3, 0.4) is 0 Å². The van der Waals surface area contributed by atoms with Gasteiger partial charge in [-0.2, -0.15) is 11.8 Å². The van der Waals surface area contributed by atoms with Crippen molar-refractivity contribution in [2.45, 2.75) is 32.0 Å². The van der Waals surface area contributed by atoms with Gasteiger partial charge >= 0.3 is 6.03 Å². The van der Waals surface area contributed by atoms with E-state index in [4.69, 9.17) is 0 Å². The highest BCUT2D eigenvalue weighted by Crippen LogP contribution is 2.16. The molecule has 0 radical (unpaired) electrons. The van der Waals surface area contributed by atoms with Gasteiger partial charge in [-0.1, -0.05) is 0 Å². The molecule has 7 heteroatoms. The minimum Gasteiger partial charge on any atom is -0.335 e. The van der Waals surface area contributed by atoms with E-state index in [2.05, 4.69) is 33.5 Å². The van der Waals surface area contributed by atoms with Crippen LogP contribution in [0.5, 0.6) is 0 Å². The van der Waals surface area contributed by atoms with E-state index in [1.165, 1.54) is 0 Å². The van der Waals surface area contributed by atoms with Crippen molar-refractivity contribution >= 4 is 17.8 Å². The van der Waals surface area contributed by atoms with E-state index in [0.717, 1.165) is 31.1 Å². The van der Waals surface area contributed by atoms with Crippen molar-refractivity contribution in [1.82, 2.24) is 25.1 Å². The maximum absolute atomic E-state index is 12.2. The van der Waals surface area contributed by atoms with Gasteiger partial charge in [0.05, 0.1) is 6.54 Å². The van der Waals surface area contributed by atoms with Gasteiger partial charge in [-0.05, 0) is 32.7 Å². The predicted octanol–water partition coefficient (Wildman–Crippen LogP) is 1.44. The van der Waals surface area contributed by atoms with Crippen molar-refractivity contribution in [2.24, 2.45) is 0 Å². The monoisotopic (exact) mass is 323 g/mol. The van der Waals surface area contributed by atoms with Crippen LogP contribution in [0.15, 0.2) is 18.5 Å². The summed E-state index contributed by atoms with van der Waals surface area (Å²) < 4.78 is 0. The fraction of sp³-hybridized carbons (Fsp3) is 0.667. The highest BCUT2D eigenvalue weighted by Gasteiger charge is 2.29. The molecule has 6 nitrogen and oxygen atoms in total. The Morgan fingerprint density at radius 2 is 2.27 bits per heavy atom.